The second-order valence-corrected chi connectivity index (χ2v) is 3.87. The highest BCUT2D eigenvalue weighted by atomic mass is 14.8. The second-order valence-electron chi connectivity index (χ2n) is 3.87. The summed E-state index contributed by atoms with van der Waals surface area (Å²) in [5.74, 6) is 0.566. The molecule has 0 aliphatic carbocycles. The predicted octanol–water partition coefficient (Wildman–Crippen LogP) is 3.07. The smallest absolute Gasteiger partial charge is 0.0682 e. The van der Waals surface area contributed by atoms with E-state index in [1.165, 1.54) is 16.8 Å². The molecule has 72 valence electrons. The van der Waals surface area contributed by atoms with Gasteiger partial charge in [0, 0.05) is 0 Å². The lowest BCUT2D eigenvalue weighted by molar-refractivity contribution is 0.805. The Balaban J connectivity index is 2.33. The summed E-state index contributed by atoms with van der Waals surface area (Å²) in [7, 11) is 0. The number of rotatable bonds is 2. The van der Waals surface area contributed by atoms with Crippen LogP contribution >= 0.6 is 0 Å². The van der Waals surface area contributed by atoms with Gasteiger partial charge in [0.05, 0.1) is 12.3 Å². The van der Waals surface area contributed by atoms with Gasteiger partial charge in [0.2, 0.25) is 0 Å². The average Bonchev–Trinajstić information content (AvgIpc) is 2.67. The lowest BCUT2D eigenvalue weighted by atomic mass is 9.95. The largest absolute Gasteiger partial charge is 0.280 e. The molecule has 1 aromatic carbocycles. The van der Waals surface area contributed by atoms with Crippen LogP contribution in [0.15, 0.2) is 47.0 Å². The molecule has 0 spiro atoms. The summed E-state index contributed by atoms with van der Waals surface area (Å²) in [5, 5.41) is 0. The van der Waals surface area contributed by atoms with E-state index in [1.54, 1.807) is 0 Å². The van der Waals surface area contributed by atoms with E-state index in [0.29, 0.717) is 5.92 Å². The number of aliphatic imine (C=N–C) groups is 1. The second kappa shape index (κ2) is 3.79. The fourth-order valence-corrected chi connectivity index (χ4v) is 1.79. The van der Waals surface area contributed by atoms with Crippen LogP contribution in [-0.4, -0.2) is 12.3 Å². The lowest BCUT2D eigenvalue weighted by Gasteiger charge is -2.10. The summed E-state index contributed by atoms with van der Waals surface area (Å²) >= 11 is 0. The Bertz CT molecular complexity index is 371. The van der Waals surface area contributed by atoms with Crippen LogP contribution in [0.1, 0.15) is 19.4 Å². The maximum Gasteiger partial charge on any atom is 0.0682 e. The molecule has 1 heterocycles. The van der Waals surface area contributed by atoms with E-state index in [4.69, 9.17) is 0 Å². The zero-order chi connectivity index (χ0) is 9.97. The molecule has 1 heteroatoms. The number of allylic oxidation sites excluding steroid dienone is 1. The minimum absolute atomic E-state index is 0.566. The Kier molecular flexibility index (Phi) is 2.49. The molecule has 1 aliphatic heterocycles. The summed E-state index contributed by atoms with van der Waals surface area (Å²) < 4.78 is 0. The van der Waals surface area contributed by atoms with Gasteiger partial charge in [-0.05, 0) is 17.1 Å². The summed E-state index contributed by atoms with van der Waals surface area (Å²) in [6.07, 6.45) is 2.23. The molecule has 0 bridgehead atoms. The van der Waals surface area contributed by atoms with E-state index in [1.807, 2.05) is 6.07 Å². The topological polar surface area (TPSA) is 12.4 Å². The van der Waals surface area contributed by atoms with Crippen molar-refractivity contribution in [3.63, 3.8) is 0 Å². The van der Waals surface area contributed by atoms with Gasteiger partial charge >= 0.3 is 0 Å². The highest BCUT2D eigenvalue weighted by molar-refractivity contribution is 6.14. The van der Waals surface area contributed by atoms with Gasteiger partial charge in [0.25, 0.3) is 0 Å². The molecular formula is C13H15N. The third kappa shape index (κ3) is 1.63. The van der Waals surface area contributed by atoms with Crippen molar-refractivity contribution in [3.05, 3.63) is 47.5 Å². The quantitative estimate of drug-likeness (QED) is 0.671. The van der Waals surface area contributed by atoms with E-state index in [0.717, 1.165) is 6.54 Å². The van der Waals surface area contributed by atoms with Crippen LogP contribution in [0.4, 0.5) is 0 Å². The molecule has 1 nitrogen and oxygen atoms in total. The molecule has 1 aromatic rings. The lowest BCUT2D eigenvalue weighted by Crippen LogP contribution is -2.06. The Morgan fingerprint density at radius 1 is 1.14 bits per heavy atom. The van der Waals surface area contributed by atoms with E-state index in [-0.39, 0.29) is 0 Å². The zero-order valence-electron chi connectivity index (χ0n) is 8.70. The standard InChI is InChI=1S/C13H15N/c1-10(2)12-8-9-14-13(12)11-6-4-3-5-7-11/h3-8,10H,9H2,1-2H3. The molecule has 0 saturated heterocycles. The summed E-state index contributed by atoms with van der Waals surface area (Å²) in [4.78, 5) is 4.53. The van der Waals surface area contributed by atoms with Crippen LogP contribution in [0.25, 0.3) is 0 Å². The van der Waals surface area contributed by atoms with Crippen molar-refractivity contribution in [2.45, 2.75) is 13.8 Å². The van der Waals surface area contributed by atoms with Crippen LogP contribution < -0.4 is 0 Å². The van der Waals surface area contributed by atoms with Crippen molar-refractivity contribution in [1.82, 2.24) is 0 Å². The van der Waals surface area contributed by atoms with Crippen molar-refractivity contribution < 1.29 is 0 Å². The molecule has 0 fully saturated rings. The van der Waals surface area contributed by atoms with Crippen LogP contribution in [0.3, 0.4) is 0 Å². The van der Waals surface area contributed by atoms with Gasteiger partial charge < -0.3 is 0 Å². The Morgan fingerprint density at radius 2 is 1.86 bits per heavy atom. The van der Waals surface area contributed by atoms with Crippen molar-refractivity contribution in [2.24, 2.45) is 10.9 Å². The number of hydrogen-bond donors (Lipinski definition) is 0. The first-order valence-corrected chi connectivity index (χ1v) is 5.09. The highest BCUT2D eigenvalue weighted by Crippen LogP contribution is 2.21. The zero-order valence-corrected chi connectivity index (χ0v) is 8.70. The van der Waals surface area contributed by atoms with E-state index in [9.17, 15) is 0 Å². The van der Waals surface area contributed by atoms with E-state index < -0.39 is 0 Å². The van der Waals surface area contributed by atoms with Gasteiger partial charge in [0.15, 0.2) is 0 Å². The van der Waals surface area contributed by atoms with Gasteiger partial charge in [-0.3, -0.25) is 4.99 Å². The van der Waals surface area contributed by atoms with Crippen molar-refractivity contribution in [1.29, 1.82) is 0 Å². The van der Waals surface area contributed by atoms with Gasteiger partial charge in [0.1, 0.15) is 0 Å². The monoisotopic (exact) mass is 185 g/mol. The molecule has 14 heavy (non-hydrogen) atoms. The van der Waals surface area contributed by atoms with Crippen molar-refractivity contribution in [3.8, 4) is 0 Å². The molecule has 1 aliphatic rings. The summed E-state index contributed by atoms with van der Waals surface area (Å²) in [6, 6.07) is 10.4. The average molecular weight is 185 g/mol. The van der Waals surface area contributed by atoms with Crippen LogP contribution in [0.2, 0.25) is 0 Å². The first-order valence-electron chi connectivity index (χ1n) is 5.09. The summed E-state index contributed by atoms with van der Waals surface area (Å²) in [6.45, 7) is 5.28. The predicted molar refractivity (Wildman–Crippen MR) is 60.8 cm³/mol. The first-order chi connectivity index (χ1) is 6.79. The van der Waals surface area contributed by atoms with E-state index in [2.05, 4.69) is 49.2 Å². The van der Waals surface area contributed by atoms with E-state index >= 15 is 0 Å². The Labute approximate surface area is 85.2 Å². The molecule has 0 saturated carbocycles. The Hall–Kier alpha value is -1.37. The van der Waals surface area contributed by atoms with Gasteiger partial charge in [-0.25, -0.2) is 0 Å². The van der Waals surface area contributed by atoms with Crippen molar-refractivity contribution >= 4 is 5.71 Å². The van der Waals surface area contributed by atoms with Crippen LogP contribution in [-0.2, 0) is 0 Å². The number of benzene rings is 1. The molecular weight excluding hydrogens is 170 g/mol. The normalized spacial score (nSPS) is 15.6. The van der Waals surface area contributed by atoms with Crippen molar-refractivity contribution in [2.75, 3.05) is 6.54 Å². The fourth-order valence-electron chi connectivity index (χ4n) is 1.79. The Morgan fingerprint density at radius 3 is 2.50 bits per heavy atom. The third-order valence-electron chi connectivity index (χ3n) is 2.50. The minimum atomic E-state index is 0.566. The van der Waals surface area contributed by atoms with Crippen LogP contribution in [0, 0.1) is 5.92 Å². The molecule has 2 rings (SSSR count). The molecule has 0 radical (unpaired) electrons. The first kappa shape index (κ1) is 9.20. The van der Waals surface area contributed by atoms with Crippen LogP contribution in [0.5, 0.6) is 0 Å². The molecule has 0 atom stereocenters. The number of nitrogens with zero attached hydrogens (tertiary/aromatic N) is 1. The SMILES string of the molecule is CC(C)C1=CCN=C1c1ccccc1. The maximum absolute atomic E-state index is 4.53. The third-order valence-corrected chi connectivity index (χ3v) is 2.50. The number of hydrogen-bond acceptors (Lipinski definition) is 1. The highest BCUT2D eigenvalue weighted by Gasteiger charge is 2.15. The molecule has 0 unspecified atom stereocenters. The molecule has 0 aromatic heterocycles. The minimum Gasteiger partial charge on any atom is -0.280 e. The van der Waals surface area contributed by atoms with Gasteiger partial charge in [-0.1, -0.05) is 50.3 Å². The van der Waals surface area contributed by atoms with Gasteiger partial charge in [-0.15, -0.1) is 0 Å². The molecule has 0 amide bonds. The maximum atomic E-state index is 4.53. The summed E-state index contributed by atoms with van der Waals surface area (Å²) in [5.41, 5.74) is 3.81. The fraction of sp³-hybridized carbons (Fsp3) is 0.308. The molecule has 0 N–H and O–H groups in total. The van der Waals surface area contributed by atoms with Gasteiger partial charge in [-0.2, -0.15) is 0 Å².